The van der Waals surface area contributed by atoms with Gasteiger partial charge in [0, 0.05) is 5.69 Å². The minimum Gasteiger partial charge on any atom is -0.459 e. The first-order valence-electron chi connectivity index (χ1n) is 7.98. The topological polar surface area (TPSA) is 94.6 Å². The molecule has 0 saturated carbocycles. The molecule has 0 aliphatic heterocycles. The van der Waals surface area contributed by atoms with Crippen molar-refractivity contribution in [2.45, 2.75) is 33.8 Å². The molecular formula is C18H20N2O5S. The zero-order valence-electron chi connectivity index (χ0n) is 15.0. The van der Waals surface area contributed by atoms with E-state index in [4.69, 9.17) is 9.47 Å². The maximum atomic E-state index is 12.0. The van der Waals surface area contributed by atoms with Crippen molar-refractivity contribution in [3.8, 4) is 0 Å². The summed E-state index contributed by atoms with van der Waals surface area (Å²) in [6.45, 7) is 6.63. The molecule has 7 nitrogen and oxygen atoms in total. The van der Waals surface area contributed by atoms with Crippen LogP contribution in [0.4, 0.5) is 5.69 Å². The molecule has 0 fully saturated rings. The van der Waals surface area contributed by atoms with Gasteiger partial charge in [-0.15, -0.1) is 11.3 Å². The van der Waals surface area contributed by atoms with E-state index in [2.05, 4.69) is 10.3 Å². The van der Waals surface area contributed by atoms with Crippen LogP contribution in [0.1, 0.15) is 44.6 Å². The summed E-state index contributed by atoms with van der Waals surface area (Å²) in [6, 6.07) is 6.26. The Labute approximate surface area is 155 Å². The molecule has 1 amide bonds. The predicted molar refractivity (Wildman–Crippen MR) is 97.5 cm³/mol. The Bertz CT molecular complexity index is 811. The van der Waals surface area contributed by atoms with Crippen molar-refractivity contribution >= 4 is 34.9 Å². The molecular weight excluding hydrogens is 356 g/mol. The number of amides is 1. The molecule has 1 aromatic carbocycles. The fourth-order valence-electron chi connectivity index (χ4n) is 2.09. The fraction of sp³-hybridized carbons (Fsp3) is 0.333. The summed E-state index contributed by atoms with van der Waals surface area (Å²) in [5, 5.41) is 3.35. The SMILES string of the molecule is Cc1nc(C)c(C(=O)OCC(=O)Nc2ccc(C(=O)OC(C)C)cc2)s1. The third kappa shape index (κ3) is 5.38. The lowest BCUT2D eigenvalue weighted by Gasteiger charge is -2.09. The van der Waals surface area contributed by atoms with Crippen molar-refractivity contribution in [3.63, 3.8) is 0 Å². The van der Waals surface area contributed by atoms with E-state index >= 15 is 0 Å². The van der Waals surface area contributed by atoms with Crippen molar-refractivity contribution in [1.29, 1.82) is 0 Å². The van der Waals surface area contributed by atoms with Gasteiger partial charge >= 0.3 is 11.9 Å². The monoisotopic (exact) mass is 376 g/mol. The molecule has 0 aliphatic rings. The molecule has 2 rings (SSSR count). The summed E-state index contributed by atoms with van der Waals surface area (Å²) < 4.78 is 10.1. The summed E-state index contributed by atoms with van der Waals surface area (Å²) in [6.07, 6.45) is -0.206. The molecule has 0 spiro atoms. The van der Waals surface area contributed by atoms with Gasteiger partial charge in [-0.3, -0.25) is 4.79 Å². The number of carbonyl (C=O) groups excluding carboxylic acids is 3. The van der Waals surface area contributed by atoms with Crippen molar-refractivity contribution in [3.05, 3.63) is 45.4 Å². The van der Waals surface area contributed by atoms with E-state index in [1.807, 2.05) is 0 Å². The molecule has 0 atom stereocenters. The Morgan fingerprint density at radius 1 is 1.12 bits per heavy atom. The first-order chi connectivity index (χ1) is 12.3. The van der Waals surface area contributed by atoms with Crippen molar-refractivity contribution < 1.29 is 23.9 Å². The summed E-state index contributed by atoms with van der Waals surface area (Å²) in [4.78, 5) is 40.2. The van der Waals surface area contributed by atoms with E-state index in [0.717, 1.165) is 5.01 Å². The van der Waals surface area contributed by atoms with Gasteiger partial charge in [0.25, 0.3) is 5.91 Å². The van der Waals surface area contributed by atoms with Crippen LogP contribution in [0.5, 0.6) is 0 Å². The van der Waals surface area contributed by atoms with Crippen molar-refractivity contribution in [2.75, 3.05) is 11.9 Å². The van der Waals surface area contributed by atoms with E-state index in [0.29, 0.717) is 21.8 Å². The quantitative estimate of drug-likeness (QED) is 0.779. The second-order valence-corrected chi connectivity index (χ2v) is 7.01. The molecule has 1 heterocycles. The standard InChI is InChI=1S/C18H20N2O5S/c1-10(2)25-17(22)13-5-7-14(8-6-13)20-15(21)9-24-18(23)16-11(3)19-12(4)26-16/h5-8,10H,9H2,1-4H3,(H,20,21). The largest absolute Gasteiger partial charge is 0.459 e. The smallest absolute Gasteiger partial charge is 0.350 e. The Kier molecular flexibility index (Phi) is 6.46. The molecule has 1 aromatic heterocycles. The molecule has 0 bridgehead atoms. The Morgan fingerprint density at radius 3 is 2.31 bits per heavy atom. The molecule has 0 unspecified atom stereocenters. The van der Waals surface area contributed by atoms with Gasteiger partial charge in [0.2, 0.25) is 0 Å². The summed E-state index contributed by atoms with van der Waals surface area (Å²) in [5.41, 5.74) is 1.46. The first kappa shape index (κ1) is 19.6. The number of nitrogens with one attached hydrogen (secondary N) is 1. The third-order valence-electron chi connectivity index (χ3n) is 3.17. The number of ether oxygens (including phenoxy) is 2. The molecule has 0 radical (unpaired) electrons. The second kappa shape index (κ2) is 8.57. The van der Waals surface area contributed by atoms with Gasteiger partial charge in [-0.25, -0.2) is 14.6 Å². The van der Waals surface area contributed by atoms with Gasteiger partial charge in [0.05, 0.1) is 22.4 Å². The van der Waals surface area contributed by atoms with Gasteiger partial charge in [0.15, 0.2) is 6.61 Å². The lowest BCUT2D eigenvalue weighted by molar-refractivity contribution is -0.119. The van der Waals surface area contributed by atoms with Crippen LogP contribution in [-0.2, 0) is 14.3 Å². The Morgan fingerprint density at radius 2 is 1.77 bits per heavy atom. The molecule has 2 aromatic rings. The zero-order valence-corrected chi connectivity index (χ0v) is 15.8. The number of esters is 2. The molecule has 0 saturated heterocycles. The number of hydrogen-bond acceptors (Lipinski definition) is 7. The Balaban J connectivity index is 1.87. The van der Waals surface area contributed by atoms with Crippen LogP contribution >= 0.6 is 11.3 Å². The highest BCUT2D eigenvalue weighted by atomic mass is 32.1. The molecule has 26 heavy (non-hydrogen) atoms. The number of anilines is 1. The number of aromatic nitrogens is 1. The minimum atomic E-state index is -0.574. The number of nitrogens with zero attached hydrogens (tertiary/aromatic N) is 1. The van der Waals surface area contributed by atoms with Gasteiger partial charge in [0.1, 0.15) is 4.88 Å². The van der Waals surface area contributed by atoms with E-state index in [1.54, 1.807) is 52.0 Å². The highest BCUT2D eigenvalue weighted by Gasteiger charge is 2.17. The van der Waals surface area contributed by atoms with E-state index < -0.39 is 24.5 Å². The minimum absolute atomic E-state index is 0.206. The van der Waals surface area contributed by atoms with Gasteiger partial charge in [-0.2, -0.15) is 0 Å². The zero-order chi connectivity index (χ0) is 19.3. The highest BCUT2D eigenvalue weighted by molar-refractivity contribution is 7.13. The average molecular weight is 376 g/mol. The number of hydrogen-bond donors (Lipinski definition) is 1. The number of aryl methyl sites for hydroxylation is 2. The molecule has 8 heteroatoms. The van der Waals surface area contributed by atoms with Crippen LogP contribution in [0.15, 0.2) is 24.3 Å². The number of thiazole rings is 1. The number of benzene rings is 1. The van der Waals surface area contributed by atoms with Gasteiger partial charge in [-0.05, 0) is 52.0 Å². The lowest BCUT2D eigenvalue weighted by atomic mass is 10.2. The maximum Gasteiger partial charge on any atom is 0.350 e. The van der Waals surface area contributed by atoms with Crippen molar-refractivity contribution in [2.24, 2.45) is 0 Å². The van der Waals surface area contributed by atoms with E-state index in [1.165, 1.54) is 11.3 Å². The fourth-order valence-corrected chi connectivity index (χ4v) is 2.90. The van der Waals surface area contributed by atoms with Crippen molar-refractivity contribution in [1.82, 2.24) is 4.98 Å². The van der Waals surface area contributed by atoms with Crippen LogP contribution in [0.25, 0.3) is 0 Å². The van der Waals surface area contributed by atoms with Crippen LogP contribution in [0.3, 0.4) is 0 Å². The summed E-state index contributed by atoms with van der Waals surface area (Å²) in [5.74, 6) is -1.48. The van der Waals surface area contributed by atoms with Gasteiger partial charge in [-0.1, -0.05) is 0 Å². The van der Waals surface area contributed by atoms with Crippen LogP contribution in [0, 0.1) is 13.8 Å². The number of rotatable bonds is 6. The van der Waals surface area contributed by atoms with Crippen LogP contribution < -0.4 is 5.32 Å². The van der Waals surface area contributed by atoms with E-state index in [-0.39, 0.29) is 6.10 Å². The summed E-state index contributed by atoms with van der Waals surface area (Å²) >= 11 is 1.23. The second-order valence-electron chi connectivity index (χ2n) is 5.80. The predicted octanol–water partition coefficient (Wildman–Crippen LogP) is 3.12. The summed E-state index contributed by atoms with van der Waals surface area (Å²) in [7, 11) is 0. The molecule has 138 valence electrons. The first-order valence-corrected chi connectivity index (χ1v) is 8.80. The van der Waals surface area contributed by atoms with Gasteiger partial charge < -0.3 is 14.8 Å². The highest BCUT2D eigenvalue weighted by Crippen LogP contribution is 2.18. The molecule has 0 aliphatic carbocycles. The normalized spacial score (nSPS) is 10.5. The molecule has 1 N–H and O–H groups in total. The van der Waals surface area contributed by atoms with Crippen LogP contribution in [0.2, 0.25) is 0 Å². The number of carbonyl (C=O) groups is 3. The average Bonchev–Trinajstić information content (AvgIpc) is 2.91. The lowest BCUT2D eigenvalue weighted by Crippen LogP contribution is -2.21. The third-order valence-corrected chi connectivity index (χ3v) is 4.22. The maximum absolute atomic E-state index is 12.0. The Hall–Kier alpha value is -2.74. The van der Waals surface area contributed by atoms with Crippen LogP contribution in [-0.4, -0.2) is 35.5 Å². The van der Waals surface area contributed by atoms with E-state index in [9.17, 15) is 14.4 Å².